The van der Waals surface area contributed by atoms with Gasteiger partial charge in [0, 0.05) is 26.2 Å². The molecule has 2 amide bonds. The third-order valence-corrected chi connectivity index (χ3v) is 4.84. The van der Waals surface area contributed by atoms with Crippen molar-refractivity contribution >= 4 is 11.8 Å². The molecular weight excluding hydrogens is 278 g/mol. The summed E-state index contributed by atoms with van der Waals surface area (Å²) in [6.45, 7) is 7.66. The lowest BCUT2D eigenvalue weighted by molar-refractivity contribution is -0.145. The maximum atomic E-state index is 12.2. The van der Waals surface area contributed by atoms with Gasteiger partial charge in [0.25, 0.3) is 0 Å². The fraction of sp³-hybridized carbons (Fsp3) is 0.882. The number of carbonyl (C=O) groups excluding carboxylic acids is 2. The van der Waals surface area contributed by atoms with Gasteiger partial charge in [-0.2, -0.15) is 0 Å². The van der Waals surface area contributed by atoms with Gasteiger partial charge in [0.2, 0.25) is 0 Å². The molecule has 0 aromatic rings. The minimum atomic E-state index is -0.408. The van der Waals surface area contributed by atoms with E-state index in [9.17, 15) is 9.59 Å². The maximum absolute atomic E-state index is 12.2. The minimum absolute atomic E-state index is 0.331. The molecule has 0 aromatic carbocycles. The van der Waals surface area contributed by atoms with Crippen LogP contribution in [0.4, 0.5) is 0 Å². The molecule has 0 aromatic heterocycles. The highest BCUT2D eigenvalue weighted by Gasteiger charge is 2.25. The standard InChI is InChI=1S/C17H31N3O2/c1-2-3-9-19-12-8-15(14-19)13-18-16(21)17(22)20-10-6-4-5-7-11-20/h15H,2-14H2,1H3,(H,18,21)/t15-/m1/s1. The average Bonchev–Trinajstić information content (AvgIpc) is 2.81. The van der Waals surface area contributed by atoms with Crippen molar-refractivity contribution in [1.82, 2.24) is 15.1 Å². The van der Waals surface area contributed by atoms with Gasteiger partial charge >= 0.3 is 11.8 Å². The van der Waals surface area contributed by atoms with Crippen LogP contribution in [0.15, 0.2) is 0 Å². The molecule has 2 aliphatic heterocycles. The number of unbranched alkanes of at least 4 members (excludes halogenated alkanes) is 1. The zero-order valence-corrected chi connectivity index (χ0v) is 14.0. The summed E-state index contributed by atoms with van der Waals surface area (Å²) in [7, 11) is 0. The number of nitrogens with one attached hydrogen (secondary N) is 1. The molecule has 2 saturated heterocycles. The molecule has 0 aliphatic carbocycles. The SMILES string of the molecule is CCCCN1CC[C@H](CNC(=O)C(=O)N2CCCCCC2)C1. The number of amides is 2. The van der Waals surface area contributed by atoms with Crippen LogP contribution < -0.4 is 5.32 Å². The molecule has 5 nitrogen and oxygen atoms in total. The van der Waals surface area contributed by atoms with Crippen LogP contribution in [0.1, 0.15) is 51.9 Å². The third-order valence-electron chi connectivity index (χ3n) is 4.84. The number of hydrogen-bond acceptors (Lipinski definition) is 3. The van der Waals surface area contributed by atoms with Gasteiger partial charge in [0.05, 0.1) is 0 Å². The second-order valence-electron chi connectivity index (χ2n) is 6.73. The van der Waals surface area contributed by atoms with E-state index in [1.807, 2.05) is 0 Å². The lowest BCUT2D eigenvalue weighted by Crippen LogP contribution is -2.44. The van der Waals surface area contributed by atoms with Gasteiger partial charge in [-0.3, -0.25) is 9.59 Å². The zero-order valence-electron chi connectivity index (χ0n) is 14.0. The van der Waals surface area contributed by atoms with Crippen molar-refractivity contribution in [2.45, 2.75) is 51.9 Å². The molecule has 2 fully saturated rings. The smallest absolute Gasteiger partial charge is 0.311 e. The lowest BCUT2D eigenvalue weighted by atomic mass is 10.1. The molecule has 0 bridgehead atoms. The van der Waals surface area contributed by atoms with Crippen LogP contribution in [0.25, 0.3) is 0 Å². The number of carbonyl (C=O) groups is 2. The van der Waals surface area contributed by atoms with Crippen LogP contribution in [0.3, 0.4) is 0 Å². The Bertz CT molecular complexity index is 365. The Morgan fingerprint density at radius 3 is 2.50 bits per heavy atom. The largest absolute Gasteiger partial charge is 0.348 e. The van der Waals surface area contributed by atoms with E-state index in [1.54, 1.807) is 4.90 Å². The molecule has 5 heteroatoms. The normalized spacial score (nSPS) is 23.3. The summed E-state index contributed by atoms with van der Waals surface area (Å²) in [5, 5.41) is 2.86. The monoisotopic (exact) mass is 309 g/mol. The Morgan fingerprint density at radius 2 is 1.82 bits per heavy atom. The summed E-state index contributed by atoms with van der Waals surface area (Å²) in [4.78, 5) is 28.4. The summed E-state index contributed by atoms with van der Waals surface area (Å²) in [6.07, 6.45) is 7.97. The van der Waals surface area contributed by atoms with Gasteiger partial charge in [0.15, 0.2) is 0 Å². The second kappa shape index (κ2) is 9.13. The predicted octanol–water partition coefficient (Wildman–Crippen LogP) is 1.63. The highest BCUT2D eigenvalue weighted by Crippen LogP contribution is 2.16. The van der Waals surface area contributed by atoms with E-state index >= 15 is 0 Å². The van der Waals surface area contributed by atoms with Crippen molar-refractivity contribution in [1.29, 1.82) is 0 Å². The Morgan fingerprint density at radius 1 is 1.09 bits per heavy atom. The van der Waals surface area contributed by atoms with Gasteiger partial charge in [-0.25, -0.2) is 0 Å². The van der Waals surface area contributed by atoms with Gasteiger partial charge in [-0.15, -0.1) is 0 Å². The van der Waals surface area contributed by atoms with Crippen molar-refractivity contribution in [2.75, 3.05) is 39.3 Å². The van der Waals surface area contributed by atoms with E-state index in [-0.39, 0.29) is 5.91 Å². The summed E-state index contributed by atoms with van der Waals surface area (Å²) in [6, 6.07) is 0. The zero-order chi connectivity index (χ0) is 15.8. The van der Waals surface area contributed by atoms with Crippen molar-refractivity contribution < 1.29 is 9.59 Å². The van der Waals surface area contributed by atoms with Gasteiger partial charge in [0.1, 0.15) is 0 Å². The van der Waals surface area contributed by atoms with Crippen molar-refractivity contribution in [2.24, 2.45) is 5.92 Å². The molecule has 0 spiro atoms. The summed E-state index contributed by atoms with van der Waals surface area (Å²) >= 11 is 0. The molecule has 2 rings (SSSR count). The number of nitrogens with zero attached hydrogens (tertiary/aromatic N) is 2. The van der Waals surface area contributed by atoms with Crippen LogP contribution in [-0.2, 0) is 9.59 Å². The molecule has 0 saturated carbocycles. The molecule has 22 heavy (non-hydrogen) atoms. The van der Waals surface area contributed by atoms with Crippen molar-refractivity contribution in [3.63, 3.8) is 0 Å². The number of likely N-dealkylation sites (tertiary alicyclic amines) is 2. The summed E-state index contributed by atoms with van der Waals surface area (Å²) < 4.78 is 0. The summed E-state index contributed by atoms with van der Waals surface area (Å²) in [5.41, 5.74) is 0. The Balaban J connectivity index is 1.67. The first-order chi connectivity index (χ1) is 10.7. The molecule has 126 valence electrons. The Labute approximate surface area is 134 Å². The first kappa shape index (κ1) is 17.3. The topological polar surface area (TPSA) is 52.7 Å². The molecule has 0 radical (unpaired) electrons. The van der Waals surface area contributed by atoms with E-state index in [1.165, 1.54) is 25.7 Å². The van der Waals surface area contributed by atoms with Crippen LogP contribution in [0.5, 0.6) is 0 Å². The minimum Gasteiger partial charge on any atom is -0.348 e. The van der Waals surface area contributed by atoms with E-state index in [4.69, 9.17) is 0 Å². The number of hydrogen-bond donors (Lipinski definition) is 1. The van der Waals surface area contributed by atoms with Gasteiger partial charge in [-0.1, -0.05) is 26.2 Å². The maximum Gasteiger partial charge on any atom is 0.311 e. The first-order valence-electron chi connectivity index (χ1n) is 9.00. The fourth-order valence-electron chi connectivity index (χ4n) is 3.39. The molecule has 2 heterocycles. The molecule has 2 aliphatic rings. The van der Waals surface area contributed by atoms with E-state index < -0.39 is 5.91 Å². The van der Waals surface area contributed by atoms with E-state index in [0.717, 1.165) is 52.0 Å². The van der Waals surface area contributed by atoms with E-state index in [0.29, 0.717) is 12.5 Å². The highest BCUT2D eigenvalue weighted by atomic mass is 16.2. The molecular formula is C17H31N3O2. The van der Waals surface area contributed by atoms with E-state index in [2.05, 4.69) is 17.1 Å². The average molecular weight is 309 g/mol. The summed E-state index contributed by atoms with van der Waals surface area (Å²) in [5.74, 6) is -0.241. The quantitative estimate of drug-likeness (QED) is 0.785. The van der Waals surface area contributed by atoms with Gasteiger partial charge in [-0.05, 0) is 44.7 Å². The lowest BCUT2D eigenvalue weighted by Gasteiger charge is -2.20. The predicted molar refractivity (Wildman–Crippen MR) is 87.5 cm³/mol. The first-order valence-corrected chi connectivity index (χ1v) is 9.00. The van der Waals surface area contributed by atoms with Crippen LogP contribution in [0.2, 0.25) is 0 Å². The molecule has 1 atom stereocenters. The molecule has 1 N–H and O–H groups in total. The highest BCUT2D eigenvalue weighted by molar-refractivity contribution is 6.35. The number of rotatable bonds is 5. The van der Waals surface area contributed by atoms with Crippen LogP contribution in [-0.4, -0.2) is 60.9 Å². The van der Waals surface area contributed by atoms with Crippen molar-refractivity contribution in [3.8, 4) is 0 Å². The Kier molecular flexibility index (Phi) is 7.16. The molecule has 0 unspecified atom stereocenters. The third kappa shape index (κ3) is 5.27. The van der Waals surface area contributed by atoms with Crippen molar-refractivity contribution in [3.05, 3.63) is 0 Å². The Hall–Kier alpha value is -1.10. The fourth-order valence-corrected chi connectivity index (χ4v) is 3.39. The second-order valence-corrected chi connectivity index (χ2v) is 6.73. The van der Waals surface area contributed by atoms with Crippen LogP contribution in [0, 0.1) is 5.92 Å². The van der Waals surface area contributed by atoms with Gasteiger partial charge < -0.3 is 15.1 Å². The van der Waals surface area contributed by atoms with Crippen LogP contribution >= 0.6 is 0 Å².